The Morgan fingerprint density at radius 3 is 2.47 bits per heavy atom. The van der Waals surface area contributed by atoms with E-state index in [-0.39, 0.29) is 11.8 Å². The number of hydrogen-bond acceptors (Lipinski definition) is 7. The molecule has 0 aliphatic carbocycles. The smallest absolute Gasteiger partial charge is 0.223 e. The van der Waals surface area contributed by atoms with Gasteiger partial charge in [0.05, 0.1) is 17.5 Å². The molecule has 1 saturated heterocycles. The molecule has 0 aromatic carbocycles. The maximum absolute atomic E-state index is 12.8. The number of carbonyl (C=O) groups excluding carboxylic acids is 1. The molecule has 4 rings (SSSR count). The van der Waals surface area contributed by atoms with Crippen molar-refractivity contribution < 1.29 is 17.7 Å². The molecule has 11 heteroatoms. The van der Waals surface area contributed by atoms with Crippen LogP contribution >= 0.6 is 0 Å². The van der Waals surface area contributed by atoms with Gasteiger partial charge in [-0.25, -0.2) is 12.7 Å². The molecular formula is C21H32N6O4S. The molecule has 0 N–H and O–H groups in total. The van der Waals surface area contributed by atoms with Gasteiger partial charge in [0, 0.05) is 44.1 Å². The Balaban J connectivity index is 1.36. The minimum absolute atomic E-state index is 0.0907. The highest BCUT2D eigenvalue weighted by Crippen LogP contribution is 2.30. The average Bonchev–Trinajstić information content (AvgIpc) is 3.34. The van der Waals surface area contributed by atoms with E-state index in [2.05, 4.69) is 19.9 Å². The molecule has 2 aromatic heterocycles. The van der Waals surface area contributed by atoms with Crippen molar-refractivity contribution in [3.8, 4) is 0 Å². The van der Waals surface area contributed by atoms with Crippen LogP contribution in [0.2, 0.25) is 0 Å². The second-order valence-corrected chi connectivity index (χ2v) is 11.5. The van der Waals surface area contributed by atoms with Crippen LogP contribution in [0.3, 0.4) is 0 Å². The predicted molar refractivity (Wildman–Crippen MR) is 117 cm³/mol. The number of carbonyl (C=O) groups is 1. The molecule has 0 unspecified atom stereocenters. The first-order chi connectivity index (χ1) is 15.2. The van der Waals surface area contributed by atoms with Gasteiger partial charge in [-0.3, -0.25) is 4.79 Å². The molecular weight excluding hydrogens is 432 g/mol. The summed E-state index contributed by atoms with van der Waals surface area (Å²) in [6, 6.07) is 0. The SMILES string of the molecule is Cc1noc(C)c1CCC(=O)N1CCn2c(nnc2C2CCN(S(=O)(=O)C(C)C)CC2)C1. The lowest BCUT2D eigenvalue weighted by atomic mass is 9.97. The van der Waals surface area contributed by atoms with Crippen molar-refractivity contribution in [2.45, 2.75) is 77.6 Å². The molecule has 10 nitrogen and oxygen atoms in total. The van der Waals surface area contributed by atoms with Gasteiger partial charge < -0.3 is 14.0 Å². The molecule has 1 fully saturated rings. The maximum atomic E-state index is 12.8. The molecule has 2 aliphatic heterocycles. The quantitative estimate of drug-likeness (QED) is 0.640. The Morgan fingerprint density at radius 1 is 1.12 bits per heavy atom. The topological polar surface area (TPSA) is 114 Å². The average molecular weight is 465 g/mol. The number of sulfonamides is 1. The summed E-state index contributed by atoms with van der Waals surface area (Å²) >= 11 is 0. The van der Waals surface area contributed by atoms with E-state index in [4.69, 9.17) is 4.52 Å². The molecule has 4 heterocycles. The molecule has 1 amide bonds. The summed E-state index contributed by atoms with van der Waals surface area (Å²) in [6.45, 7) is 9.97. The van der Waals surface area contributed by atoms with E-state index in [0.29, 0.717) is 45.6 Å². The van der Waals surface area contributed by atoms with Gasteiger partial charge in [0.2, 0.25) is 15.9 Å². The first-order valence-electron chi connectivity index (χ1n) is 11.3. The van der Waals surface area contributed by atoms with Gasteiger partial charge in [0.1, 0.15) is 11.6 Å². The van der Waals surface area contributed by atoms with Crippen LogP contribution in [0.1, 0.15) is 67.7 Å². The number of aromatic nitrogens is 4. The van der Waals surface area contributed by atoms with Gasteiger partial charge in [0.15, 0.2) is 5.82 Å². The van der Waals surface area contributed by atoms with Crippen molar-refractivity contribution in [3.05, 3.63) is 28.7 Å². The number of aryl methyl sites for hydroxylation is 2. The van der Waals surface area contributed by atoms with Crippen molar-refractivity contribution >= 4 is 15.9 Å². The van der Waals surface area contributed by atoms with E-state index in [1.807, 2.05) is 18.7 Å². The third-order valence-electron chi connectivity index (χ3n) is 6.68. The van der Waals surface area contributed by atoms with Crippen molar-refractivity contribution in [3.63, 3.8) is 0 Å². The Labute approximate surface area is 189 Å². The van der Waals surface area contributed by atoms with Crippen molar-refractivity contribution in [1.29, 1.82) is 0 Å². The maximum Gasteiger partial charge on any atom is 0.223 e. The number of rotatable bonds is 6. The number of nitrogens with zero attached hydrogens (tertiary/aromatic N) is 6. The van der Waals surface area contributed by atoms with Crippen molar-refractivity contribution in [1.82, 2.24) is 29.1 Å². The Morgan fingerprint density at radius 2 is 1.84 bits per heavy atom. The monoisotopic (exact) mass is 464 g/mol. The highest BCUT2D eigenvalue weighted by molar-refractivity contribution is 7.89. The largest absolute Gasteiger partial charge is 0.361 e. The third kappa shape index (κ3) is 4.32. The molecule has 2 aromatic rings. The Hall–Kier alpha value is -2.27. The second-order valence-electron chi connectivity index (χ2n) is 9.01. The summed E-state index contributed by atoms with van der Waals surface area (Å²) in [7, 11) is -3.22. The summed E-state index contributed by atoms with van der Waals surface area (Å²) in [5, 5.41) is 12.3. The first kappa shape index (κ1) is 22.9. The lowest BCUT2D eigenvalue weighted by Gasteiger charge is -2.33. The van der Waals surface area contributed by atoms with E-state index < -0.39 is 15.3 Å². The van der Waals surface area contributed by atoms with Gasteiger partial charge in [-0.2, -0.15) is 0 Å². The summed E-state index contributed by atoms with van der Waals surface area (Å²) in [5.41, 5.74) is 1.84. The Kier molecular flexibility index (Phi) is 6.39. The number of piperidine rings is 1. The van der Waals surface area contributed by atoms with Crippen LogP contribution < -0.4 is 0 Å². The van der Waals surface area contributed by atoms with E-state index in [0.717, 1.165) is 41.5 Å². The zero-order valence-electron chi connectivity index (χ0n) is 19.2. The zero-order chi connectivity index (χ0) is 23.0. The molecule has 0 saturated carbocycles. The molecule has 0 atom stereocenters. The molecule has 32 heavy (non-hydrogen) atoms. The number of hydrogen-bond donors (Lipinski definition) is 0. The van der Waals surface area contributed by atoms with E-state index in [9.17, 15) is 13.2 Å². The fourth-order valence-corrected chi connectivity index (χ4v) is 5.93. The molecule has 176 valence electrons. The second kappa shape index (κ2) is 8.93. The summed E-state index contributed by atoms with van der Waals surface area (Å²) < 4.78 is 33.7. The standard InChI is InChI=1S/C21H32N6O4S/c1-14(2)32(29,30)26-9-7-17(8-10-26)21-23-22-19-13-25(11-12-27(19)21)20(28)6-5-18-15(3)24-31-16(18)4/h14,17H,5-13H2,1-4H3. The van der Waals surface area contributed by atoms with Crippen molar-refractivity contribution in [2.75, 3.05) is 19.6 Å². The molecule has 0 radical (unpaired) electrons. The van der Waals surface area contributed by atoms with Gasteiger partial charge in [0.25, 0.3) is 0 Å². The fraction of sp³-hybridized carbons (Fsp3) is 0.714. The van der Waals surface area contributed by atoms with Crippen LogP contribution in [0.15, 0.2) is 4.52 Å². The molecule has 2 aliphatic rings. The first-order valence-corrected chi connectivity index (χ1v) is 12.8. The van der Waals surface area contributed by atoms with Crippen LogP contribution in [-0.4, -0.2) is 68.3 Å². The van der Waals surface area contributed by atoms with E-state index >= 15 is 0 Å². The fourth-order valence-electron chi connectivity index (χ4n) is 4.61. The van der Waals surface area contributed by atoms with Crippen LogP contribution in [-0.2, 0) is 34.3 Å². The highest BCUT2D eigenvalue weighted by Gasteiger charge is 2.34. The Bertz CT molecular complexity index is 1060. The zero-order valence-corrected chi connectivity index (χ0v) is 20.1. The van der Waals surface area contributed by atoms with Crippen LogP contribution in [0.25, 0.3) is 0 Å². The van der Waals surface area contributed by atoms with Crippen LogP contribution in [0.4, 0.5) is 0 Å². The van der Waals surface area contributed by atoms with Crippen LogP contribution in [0.5, 0.6) is 0 Å². The lowest BCUT2D eigenvalue weighted by Crippen LogP contribution is -2.42. The highest BCUT2D eigenvalue weighted by atomic mass is 32.2. The summed E-state index contributed by atoms with van der Waals surface area (Å²) in [4.78, 5) is 14.6. The van der Waals surface area contributed by atoms with Gasteiger partial charge in [-0.05, 0) is 47.0 Å². The molecule has 0 spiro atoms. The normalized spacial score (nSPS) is 18.3. The van der Waals surface area contributed by atoms with E-state index in [1.54, 1.807) is 18.2 Å². The number of fused-ring (bicyclic) bond motifs is 1. The molecule has 0 bridgehead atoms. The summed E-state index contributed by atoms with van der Waals surface area (Å²) in [6.07, 6.45) is 2.51. The van der Waals surface area contributed by atoms with Gasteiger partial charge >= 0.3 is 0 Å². The van der Waals surface area contributed by atoms with Gasteiger partial charge in [-0.1, -0.05) is 5.16 Å². The van der Waals surface area contributed by atoms with Crippen molar-refractivity contribution in [2.24, 2.45) is 0 Å². The summed E-state index contributed by atoms with van der Waals surface area (Å²) in [5.74, 6) is 2.77. The minimum atomic E-state index is -3.22. The van der Waals surface area contributed by atoms with Gasteiger partial charge in [-0.15, -0.1) is 10.2 Å². The van der Waals surface area contributed by atoms with E-state index in [1.165, 1.54) is 0 Å². The van der Waals surface area contributed by atoms with Crippen LogP contribution in [0, 0.1) is 13.8 Å². The number of amides is 1. The lowest BCUT2D eigenvalue weighted by molar-refractivity contribution is -0.132. The minimum Gasteiger partial charge on any atom is -0.361 e. The third-order valence-corrected chi connectivity index (χ3v) is 8.96. The predicted octanol–water partition coefficient (Wildman–Crippen LogP) is 1.78.